The Hall–Kier alpha value is -2.63. The zero-order valence-electron chi connectivity index (χ0n) is 11.5. The lowest BCUT2D eigenvalue weighted by Gasteiger charge is -2.17. The van der Waals surface area contributed by atoms with Crippen LogP contribution >= 0.6 is 0 Å². The third-order valence-corrected chi connectivity index (χ3v) is 3.27. The van der Waals surface area contributed by atoms with Crippen molar-refractivity contribution in [3.8, 4) is 5.75 Å². The molecule has 1 aliphatic rings. The Labute approximate surface area is 122 Å². The number of nitrogens with zero attached hydrogens (tertiary/aromatic N) is 3. The van der Waals surface area contributed by atoms with Crippen molar-refractivity contribution in [2.45, 2.75) is 12.5 Å². The smallest absolute Gasteiger partial charge is 0.323 e. The summed E-state index contributed by atoms with van der Waals surface area (Å²) in [5.41, 5.74) is 0. The summed E-state index contributed by atoms with van der Waals surface area (Å²) in [7, 11) is 0. The van der Waals surface area contributed by atoms with E-state index in [2.05, 4.69) is 15.3 Å². The van der Waals surface area contributed by atoms with Crippen LogP contribution in [-0.4, -0.2) is 40.1 Å². The van der Waals surface area contributed by atoms with E-state index >= 15 is 0 Å². The van der Waals surface area contributed by atoms with Crippen LogP contribution in [-0.2, 0) is 0 Å². The van der Waals surface area contributed by atoms with Gasteiger partial charge in [0.2, 0.25) is 0 Å². The summed E-state index contributed by atoms with van der Waals surface area (Å²) < 4.78 is 5.81. The molecule has 1 unspecified atom stereocenters. The second-order valence-electron chi connectivity index (χ2n) is 4.81. The molecule has 1 saturated heterocycles. The highest BCUT2D eigenvalue weighted by molar-refractivity contribution is 5.88. The highest BCUT2D eigenvalue weighted by Crippen LogP contribution is 2.18. The van der Waals surface area contributed by atoms with Crippen molar-refractivity contribution in [1.29, 1.82) is 0 Å². The molecule has 1 atom stereocenters. The van der Waals surface area contributed by atoms with E-state index in [0.29, 0.717) is 18.9 Å². The first-order valence-electron chi connectivity index (χ1n) is 6.85. The van der Waals surface area contributed by atoms with Crippen molar-refractivity contribution in [2.24, 2.45) is 0 Å². The van der Waals surface area contributed by atoms with Crippen molar-refractivity contribution >= 4 is 11.8 Å². The monoisotopic (exact) mass is 284 g/mol. The van der Waals surface area contributed by atoms with E-state index in [0.717, 1.165) is 12.2 Å². The first-order valence-corrected chi connectivity index (χ1v) is 6.85. The predicted octanol–water partition coefficient (Wildman–Crippen LogP) is 2.16. The molecule has 0 aromatic carbocycles. The lowest BCUT2D eigenvalue weighted by Crippen LogP contribution is -2.34. The molecule has 3 rings (SSSR count). The van der Waals surface area contributed by atoms with Crippen LogP contribution in [0.3, 0.4) is 0 Å². The molecule has 2 amide bonds. The highest BCUT2D eigenvalue weighted by atomic mass is 16.5. The summed E-state index contributed by atoms with van der Waals surface area (Å²) in [6.07, 6.45) is 5.84. The van der Waals surface area contributed by atoms with E-state index < -0.39 is 0 Å². The molecule has 0 radical (unpaired) electrons. The van der Waals surface area contributed by atoms with E-state index in [4.69, 9.17) is 4.74 Å². The Balaban J connectivity index is 1.53. The Kier molecular flexibility index (Phi) is 3.95. The minimum absolute atomic E-state index is 0.00341. The molecule has 2 aromatic rings. The molecule has 0 bridgehead atoms. The molecule has 108 valence electrons. The number of urea groups is 1. The molecule has 2 aromatic heterocycles. The summed E-state index contributed by atoms with van der Waals surface area (Å²) in [6.45, 7) is 1.23. The summed E-state index contributed by atoms with van der Waals surface area (Å²) in [4.78, 5) is 21.9. The van der Waals surface area contributed by atoms with Crippen LogP contribution in [0.5, 0.6) is 5.75 Å². The number of likely N-dealkylation sites (tertiary alicyclic amines) is 1. The third-order valence-electron chi connectivity index (χ3n) is 3.27. The number of carbonyl (C=O) groups excluding carboxylic acids is 1. The highest BCUT2D eigenvalue weighted by Gasteiger charge is 2.27. The lowest BCUT2D eigenvalue weighted by molar-refractivity contribution is 0.194. The summed E-state index contributed by atoms with van der Waals surface area (Å²) in [5.74, 6) is 1.29. The number of ether oxygens (including phenoxy) is 1. The molecule has 0 spiro atoms. The number of pyridine rings is 2. The fraction of sp³-hybridized carbons (Fsp3) is 0.267. The predicted molar refractivity (Wildman–Crippen MR) is 78.1 cm³/mol. The Morgan fingerprint density at radius 2 is 2.24 bits per heavy atom. The van der Waals surface area contributed by atoms with Gasteiger partial charge in [0, 0.05) is 25.4 Å². The minimum atomic E-state index is -0.147. The van der Waals surface area contributed by atoms with Gasteiger partial charge in [-0.25, -0.2) is 9.78 Å². The number of amides is 2. The number of anilines is 1. The second kappa shape index (κ2) is 6.21. The Morgan fingerprint density at radius 1 is 1.29 bits per heavy atom. The molecular formula is C15H16N4O2. The average molecular weight is 284 g/mol. The van der Waals surface area contributed by atoms with Crippen LogP contribution in [0.1, 0.15) is 6.42 Å². The number of rotatable bonds is 3. The van der Waals surface area contributed by atoms with Gasteiger partial charge in [-0.1, -0.05) is 6.07 Å². The van der Waals surface area contributed by atoms with Gasteiger partial charge in [0.15, 0.2) is 0 Å². The van der Waals surface area contributed by atoms with E-state index in [-0.39, 0.29) is 12.1 Å². The van der Waals surface area contributed by atoms with Crippen LogP contribution in [0, 0.1) is 0 Å². The van der Waals surface area contributed by atoms with Gasteiger partial charge >= 0.3 is 6.03 Å². The standard InChI is InChI=1S/C15H16N4O2/c20-15(18-14-5-1-2-8-17-14)19-9-6-13(11-19)21-12-4-3-7-16-10-12/h1-5,7-8,10,13H,6,9,11H2,(H,17,18,20). The maximum Gasteiger partial charge on any atom is 0.323 e. The summed E-state index contributed by atoms with van der Waals surface area (Å²) in [6, 6.07) is 8.95. The van der Waals surface area contributed by atoms with E-state index in [1.807, 2.05) is 24.3 Å². The maximum atomic E-state index is 12.1. The fourth-order valence-electron chi connectivity index (χ4n) is 2.24. The normalized spacial score (nSPS) is 17.5. The van der Waals surface area contributed by atoms with Crippen LogP contribution in [0.4, 0.5) is 10.6 Å². The molecule has 6 nitrogen and oxygen atoms in total. The topological polar surface area (TPSA) is 67.4 Å². The van der Waals surface area contributed by atoms with Crippen molar-refractivity contribution < 1.29 is 9.53 Å². The number of nitrogens with one attached hydrogen (secondary N) is 1. The van der Waals surface area contributed by atoms with Gasteiger partial charge in [0.05, 0.1) is 12.7 Å². The van der Waals surface area contributed by atoms with Gasteiger partial charge in [0.1, 0.15) is 17.7 Å². The van der Waals surface area contributed by atoms with Crippen molar-refractivity contribution in [2.75, 3.05) is 18.4 Å². The molecule has 21 heavy (non-hydrogen) atoms. The Morgan fingerprint density at radius 3 is 3.00 bits per heavy atom. The zero-order valence-corrected chi connectivity index (χ0v) is 11.5. The number of hydrogen-bond acceptors (Lipinski definition) is 4. The molecule has 1 N–H and O–H groups in total. The third kappa shape index (κ3) is 3.47. The largest absolute Gasteiger partial charge is 0.487 e. The lowest BCUT2D eigenvalue weighted by atomic mass is 10.3. The first kappa shape index (κ1) is 13.4. The molecule has 1 fully saturated rings. The number of hydrogen-bond donors (Lipinski definition) is 1. The van der Waals surface area contributed by atoms with Gasteiger partial charge < -0.3 is 9.64 Å². The fourth-order valence-corrected chi connectivity index (χ4v) is 2.24. The average Bonchev–Trinajstić information content (AvgIpc) is 2.98. The van der Waals surface area contributed by atoms with Crippen LogP contribution in [0.15, 0.2) is 48.9 Å². The summed E-state index contributed by atoms with van der Waals surface area (Å²) >= 11 is 0. The maximum absolute atomic E-state index is 12.1. The van der Waals surface area contributed by atoms with Crippen molar-refractivity contribution in [1.82, 2.24) is 14.9 Å². The molecule has 6 heteroatoms. The van der Waals surface area contributed by atoms with E-state index in [1.165, 1.54) is 0 Å². The van der Waals surface area contributed by atoms with Gasteiger partial charge in [-0.15, -0.1) is 0 Å². The van der Waals surface area contributed by atoms with Crippen molar-refractivity contribution in [3.63, 3.8) is 0 Å². The molecule has 0 aliphatic carbocycles. The number of aromatic nitrogens is 2. The quantitative estimate of drug-likeness (QED) is 0.938. The van der Waals surface area contributed by atoms with E-state index in [1.54, 1.807) is 29.6 Å². The minimum Gasteiger partial charge on any atom is -0.487 e. The van der Waals surface area contributed by atoms with Crippen molar-refractivity contribution in [3.05, 3.63) is 48.9 Å². The van der Waals surface area contributed by atoms with Gasteiger partial charge in [0.25, 0.3) is 0 Å². The second-order valence-corrected chi connectivity index (χ2v) is 4.81. The van der Waals surface area contributed by atoms with Crippen LogP contribution in [0.25, 0.3) is 0 Å². The summed E-state index contributed by atoms with van der Waals surface area (Å²) in [5, 5.41) is 2.78. The first-order chi connectivity index (χ1) is 10.3. The van der Waals surface area contributed by atoms with Crippen LogP contribution < -0.4 is 10.1 Å². The van der Waals surface area contributed by atoms with Gasteiger partial charge in [-0.2, -0.15) is 0 Å². The van der Waals surface area contributed by atoms with E-state index in [9.17, 15) is 4.79 Å². The molecule has 0 saturated carbocycles. The molecule has 3 heterocycles. The SMILES string of the molecule is O=C(Nc1ccccn1)N1CCC(Oc2cccnc2)C1. The molecular weight excluding hydrogens is 268 g/mol. The van der Waals surface area contributed by atoms with Gasteiger partial charge in [-0.05, 0) is 24.3 Å². The van der Waals surface area contributed by atoms with Crippen LogP contribution in [0.2, 0.25) is 0 Å². The molecule has 1 aliphatic heterocycles. The van der Waals surface area contributed by atoms with Gasteiger partial charge in [-0.3, -0.25) is 10.3 Å². The number of carbonyl (C=O) groups is 1. The Bertz CT molecular complexity index is 591. The zero-order chi connectivity index (χ0) is 14.5.